The van der Waals surface area contributed by atoms with Crippen LogP contribution in [0.15, 0.2) is 44.4 Å². The predicted octanol–water partition coefficient (Wildman–Crippen LogP) is 2.33. The number of rotatable bonds is 4. The Morgan fingerprint density at radius 2 is 1.17 bits per heavy atom. The first-order valence-electron chi connectivity index (χ1n) is 6.47. The number of ether oxygens (including phenoxy) is 1. The minimum absolute atomic E-state index is 0.253. The molecule has 2 atom stereocenters. The maximum absolute atomic E-state index is 9.71. The molecule has 4 N–H and O–H groups in total. The van der Waals surface area contributed by atoms with Gasteiger partial charge in [0.25, 0.3) is 0 Å². The zero-order valence-electron chi connectivity index (χ0n) is 11.6. The van der Waals surface area contributed by atoms with E-state index in [0.717, 1.165) is 11.1 Å². The molecule has 0 aliphatic heterocycles. The molecule has 0 saturated heterocycles. The first kappa shape index (κ1) is 20.0. The van der Waals surface area contributed by atoms with Crippen molar-refractivity contribution in [3.63, 3.8) is 0 Å². The molecule has 0 aromatic rings. The van der Waals surface area contributed by atoms with Crippen LogP contribution in [0.2, 0.25) is 0 Å². The van der Waals surface area contributed by atoms with E-state index in [2.05, 4.69) is 63.7 Å². The molecule has 0 amide bonds. The highest BCUT2D eigenvalue weighted by Crippen LogP contribution is 2.37. The molecule has 2 rings (SSSR count). The third kappa shape index (κ3) is 4.45. The Hall–Kier alpha value is 0.680. The molecule has 5 nitrogen and oxygen atoms in total. The lowest BCUT2D eigenvalue weighted by Gasteiger charge is -2.29. The highest BCUT2D eigenvalue weighted by Gasteiger charge is 2.37. The van der Waals surface area contributed by atoms with Gasteiger partial charge in [0.05, 0.1) is 13.2 Å². The summed E-state index contributed by atoms with van der Waals surface area (Å²) in [4.78, 5) is -1.34. The number of alkyl halides is 2. The third-order valence-corrected chi connectivity index (χ3v) is 8.81. The normalized spacial score (nSPS) is 29.4. The van der Waals surface area contributed by atoms with E-state index in [1.54, 1.807) is 12.2 Å². The summed E-state index contributed by atoms with van der Waals surface area (Å²) >= 11 is 13.1. The van der Waals surface area contributed by atoms with E-state index < -0.39 is 21.2 Å². The average Bonchev–Trinajstić information content (AvgIpc) is 2.48. The van der Waals surface area contributed by atoms with Crippen molar-refractivity contribution in [1.82, 2.24) is 0 Å². The molecule has 2 aliphatic rings. The Kier molecular flexibility index (Phi) is 6.53. The van der Waals surface area contributed by atoms with Crippen molar-refractivity contribution >= 4 is 63.7 Å². The smallest absolute Gasteiger partial charge is 0.200 e. The fourth-order valence-electron chi connectivity index (χ4n) is 1.98. The highest BCUT2D eigenvalue weighted by atomic mass is 79.9. The summed E-state index contributed by atoms with van der Waals surface area (Å²) in [5.41, 5.74) is 1.55. The van der Waals surface area contributed by atoms with Crippen LogP contribution in [0.5, 0.6) is 0 Å². The highest BCUT2D eigenvalue weighted by molar-refractivity contribution is 9.14. The van der Waals surface area contributed by atoms with Gasteiger partial charge in [-0.1, -0.05) is 75.9 Å². The Morgan fingerprint density at radius 1 is 0.826 bits per heavy atom. The Bertz CT molecular complexity index is 554. The number of hydrogen-bond donors (Lipinski definition) is 4. The van der Waals surface area contributed by atoms with E-state index in [9.17, 15) is 20.4 Å². The van der Waals surface area contributed by atoms with Crippen LogP contribution < -0.4 is 0 Å². The minimum Gasteiger partial charge on any atom is -0.372 e. The summed E-state index contributed by atoms with van der Waals surface area (Å²) in [6.45, 7) is 0.506. The molecular formula is C14H14Br4O5. The summed E-state index contributed by atoms with van der Waals surface area (Å²) in [5, 5.41) is 38.9. The topological polar surface area (TPSA) is 90.2 Å². The van der Waals surface area contributed by atoms with Gasteiger partial charge in [-0.05, 0) is 23.3 Å². The van der Waals surface area contributed by atoms with Gasteiger partial charge in [-0.25, -0.2) is 0 Å². The van der Waals surface area contributed by atoms with Gasteiger partial charge in [-0.3, -0.25) is 0 Å². The fraction of sp³-hybridized carbons (Fsp3) is 0.429. The molecule has 0 bridgehead atoms. The van der Waals surface area contributed by atoms with Gasteiger partial charge in [-0.15, -0.1) is 0 Å². The van der Waals surface area contributed by atoms with Gasteiger partial charge < -0.3 is 25.2 Å². The third-order valence-electron chi connectivity index (χ3n) is 3.38. The lowest BCUT2D eigenvalue weighted by Crippen LogP contribution is -2.39. The van der Waals surface area contributed by atoms with E-state index in [1.165, 1.54) is 12.2 Å². The van der Waals surface area contributed by atoms with Crippen LogP contribution in [-0.4, -0.2) is 54.9 Å². The minimum atomic E-state index is -1.95. The lowest BCUT2D eigenvalue weighted by molar-refractivity contribution is -0.110. The number of halogens is 4. The number of aliphatic hydroxyl groups is 4. The molecule has 0 aromatic carbocycles. The van der Waals surface area contributed by atoms with Gasteiger partial charge in [0.15, 0.2) is 0 Å². The van der Waals surface area contributed by atoms with Crippen LogP contribution in [0.3, 0.4) is 0 Å². The van der Waals surface area contributed by atoms with Crippen molar-refractivity contribution in [2.45, 2.75) is 21.2 Å². The second kappa shape index (κ2) is 7.51. The van der Waals surface area contributed by atoms with E-state index in [-0.39, 0.29) is 13.2 Å². The molecule has 0 heterocycles. The van der Waals surface area contributed by atoms with Gasteiger partial charge in [0.2, 0.25) is 11.6 Å². The molecule has 128 valence electrons. The molecule has 0 radical (unpaired) electrons. The zero-order chi connectivity index (χ0) is 17.4. The van der Waals surface area contributed by atoms with Crippen molar-refractivity contribution in [3.05, 3.63) is 44.4 Å². The summed E-state index contributed by atoms with van der Waals surface area (Å²) < 4.78 is 6.84. The predicted molar refractivity (Wildman–Crippen MR) is 101 cm³/mol. The Labute approximate surface area is 166 Å². The van der Waals surface area contributed by atoms with E-state index in [4.69, 9.17) is 4.74 Å². The van der Waals surface area contributed by atoms with Crippen molar-refractivity contribution in [2.75, 3.05) is 13.2 Å². The largest absolute Gasteiger partial charge is 0.372 e. The number of hydrogen-bond acceptors (Lipinski definition) is 5. The van der Waals surface area contributed by atoms with E-state index in [1.807, 2.05) is 0 Å². The van der Waals surface area contributed by atoms with Crippen molar-refractivity contribution < 1.29 is 25.2 Å². The van der Waals surface area contributed by atoms with Gasteiger partial charge in [0, 0.05) is 8.96 Å². The van der Waals surface area contributed by atoms with E-state index >= 15 is 0 Å². The standard InChI is InChI=1S/C14H14Br4O5/c15-9-7(1-3-13(19,20)11(9)17)5-23-6-8-2-4-14(21,22)12(18)10(8)16/h1-4,11-12,19-22H,5-6H2. The van der Waals surface area contributed by atoms with Crippen LogP contribution in [-0.2, 0) is 4.74 Å². The molecular weight excluding hydrogens is 568 g/mol. The zero-order valence-corrected chi connectivity index (χ0v) is 17.9. The Balaban J connectivity index is 1.99. The molecule has 2 aliphatic carbocycles. The van der Waals surface area contributed by atoms with Crippen LogP contribution >= 0.6 is 63.7 Å². The SMILES string of the molecule is OC1(O)C=CC(COCC2=C(Br)C(Br)C(O)(O)C=C2)=C(Br)C1Br. The fourth-order valence-corrected chi connectivity index (χ4v) is 4.04. The van der Waals surface area contributed by atoms with Crippen molar-refractivity contribution in [3.8, 4) is 0 Å². The molecule has 0 spiro atoms. The second-order valence-electron chi connectivity index (χ2n) is 5.20. The maximum Gasteiger partial charge on any atom is 0.200 e. The molecule has 23 heavy (non-hydrogen) atoms. The summed E-state index contributed by atoms with van der Waals surface area (Å²) in [5.74, 6) is -3.90. The van der Waals surface area contributed by atoms with Crippen LogP contribution in [0.25, 0.3) is 0 Å². The first-order valence-corrected chi connectivity index (χ1v) is 9.89. The summed E-state index contributed by atoms with van der Waals surface area (Å²) in [6.07, 6.45) is 5.74. The molecule has 0 saturated carbocycles. The maximum atomic E-state index is 9.71. The average molecular weight is 582 g/mol. The van der Waals surface area contributed by atoms with E-state index in [0.29, 0.717) is 8.96 Å². The second-order valence-corrected chi connectivity index (χ2v) is 8.74. The van der Waals surface area contributed by atoms with Gasteiger partial charge >= 0.3 is 0 Å². The first-order chi connectivity index (χ1) is 10.6. The van der Waals surface area contributed by atoms with Crippen molar-refractivity contribution in [2.24, 2.45) is 0 Å². The van der Waals surface area contributed by atoms with Crippen LogP contribution in [0, 0.1) is 0 Å². The van der Waals surface area contributed by atoms with Crippen LogP contribution in [0.1, 0.15) is 0 Å². The molecule has 2 unspecified atom stereocenters. The van der Waals surface area contributed by atoms with Crippen molar-refractivity contribution in [1.29, 1.82) is 0 Å². The van der Waals surface area contributed by atoms with Gasteiger partial charge in [0.1, 0.15) is 9.65 Å². The molecule has 0 fully saturated rings. The Morgan fingerprint density at radius 3 is 1.52 bits per heavy atom. The quantitative estimate of drug-likeness (QED) is 0.302. The molecule has 9 heteroatoms. The van der Waals surface area contributed by atoms with Gasteiger partial charge in [-0.2, -0.15) is 0 Å². The lowest BCUT2D eigenvalue weighted by atomic mass is 10.0. The summed E-state index contributed by atoms with van der Waals surface area (Å²) in [6, 6.07) is 0. The summed E-state index contributed by atoms with van der Waals surface area (Å²) in [7, 11) is 0. The van der Waals surface area contributed by atoms with Crippen LogP contribution in [0.4, 0.5) is 0 Å². The monoisotopic (exact) mass is 578 g/mol. The molecule has 0 aromatic heterocycles.